The quantitative estimate of drug-likeness (QED) is 0.925. The highest BCUT2D eigenvalue weighted by atomic mass is 35.5. The van der Waals surface area contributed by atoms with Crippen LogP contribution in [0.2, 0.25) is 5.02 Å². The van der Waals surface area contributed by atoms with Crippen molar-refractivity contribution in [1.82, 2.24) is 10.2 Å². The van der Waals surface area contributed by atoms with Gasteiger partial charge >= 0.3 is 0 Å². The lowest BCUT2D eigenvalue weighted by Crippen LogP contribution is -2.41. The SMILES string of the molecule is CNC(=O)C1CCCN(Cc2c(F)cccc2Cl)C1. The van der Waals surface area contributed by atoms with Gasteiger partial charge in [-0.05, 0) is 31.5 Å². The highest BCUT2D eigenvalue weighted by Gasteiger charge is 2.25. The summed E-state index contributed by atoms with van der Waals surface area (Å²) < 4.78 is 13.7. The number of likely N-dealkylation sites (tertiary alicyclic amines) is 1. The average Bonchev–Trinajstić information content (AvgIpc) is 2.42. The molecule has 2 rings (SSSR count). The number of carbonyl (C=O) groups excluding carboxylic acids is 1. The molecule has 1 fully saturated rings. The molecular formula is C14H18ClFN2O. The lowest BCUT2D eigenvalue weighted by Gasteiger charge is -2.32. The molecule has 1 aromatic rings. The van der Waals surface area contributed by atoms with Crippen molar-refractivity contribution in [2.75, 3.05) is 20.1 Å². The minimum atomic E-state index is -0.283. The van der Waals surface area contributed by atoms with E-state index in [0.717, 1.165) is 19.4 Å². The van der Waals surface area contributed by atoms with Gasteiger partial charge in [0.25, 0.3) is 0 Å². The van der Waals surface area contributed by atoms with Gasteiger partial charge in [-0.15, -0.1) is 0 Å². The monoisotopic (exact) mass is 284 g/mol. The number of carbonyl (C=O) groups is 1. The highest BCUT2D eigenvalue weighted by molar-refractivity contribution is 6.31. The predicted molar refractivity (Wildman–Crippen MR) is 73.5 cm³/mol. The third-order valence-electron chi connectivity index (χ3n) is 3.57. The van der Waals surface area contributed by atoms with E-state index in [1.165, 1.54) is 6.07 Å². The molecule has 1 aromatic carbocycles. The Labute approximate surface area is 117 Å². The fraction of sp³-hybridized carbons (Fsp3) is 0.500. The van der Waals surface area contributed by atoms with Gasteiger partial charge in [-0.2, -0.15) is 0 Å². The molecule has 0 radical (unpaired) electrons. The molecule has 5 heteroatoms. The molecule has 0 aromatic heterocycles. The summed E-state index contributed by atoms with van der Waals surface area (Å²) in [6, 6.07) is 4.71. The molecule has 1 aliphatic rings. The van der Waals surface area contributed by atoms with Crippen LogP contribution >= 0.6 is 11.6 Å². The van der Waals surface area contributed by atoms with Crippen molar-refractivity contribution in [3.63, 3.8) is 0 Å². The Morgan fingerprint density at radius 3 is 3.05 bits per heavy atom. The fourth-order valence-electron chi connectivity index (χ4n) is 2.52. The zero-order valence-electron chi connectivity index (χ0n) is 11.0. The normalized spacial score (nSPS) is 20.3. The van der Waals surface area contributed by atoms with Crippen LogP contribution in [0.25, 0.3) is 0 Å². The summed E-state index contributed by atoms with van der Waals surface area (Å²) in [7, 11) is 1.65. The van der Waals surface area contributed by atoms with Gasteiger partial charge in [-0.25, -0.2) is 4.39 Å². The molecule has 3 nitrogen and oxygen atoms in total. The van der Waals surface area contributed by atoms with Crippen LogP contribution in [0, 0.1) is 11.7 Å². The average molecular weight is 285 g/mol. The Balaban J connectivity index is 2.05. The summed E-state index contributed by atoms with van der Waals surface area (Å²) in [6.07, 6.45) is 1.84. The Morgan fingerprint density at radius 1 is 1.58 bits per heavy atom. The van der Waals surface area contributed by atoms with E-state index < -0.39 is 0 Å². The Kier molecular flexibility index (Phi) is 4.77. The number of nitrogens with one attached hydrogen (secondary N) is 1. The second kappa shape index (κ2) is 6.35. The van der Waals surface area contributed by atoms with Crippen LogP contribution in [0.3, 0.4) is 0 Å². The molecule has 1 heterocycles. The van der Waals surface area contributed by atoms with E-state index in [-0.39, 0.29) is 17.6 Å². The zero-order valence-corrected chi connectivity index (χ0v) is 11.7. The lowest BCUT2D eigenvalue weighted by molar-refractivity contribution is -0.126. The number of halogens is 2. The fourth-order valence-corrected chi connectivity index (χ4v) is 2.75. The number of rotatable bonds is 3. The molecule has 19 heavy (non-hydrogen) atoms. The van der Waals surface area contributed by atoms with E-state index in [9.17, 15) is 9.18 Å². The number of nitrogens with zero attached hydrogens (tertiary/aromatic N) is 1. The molecule has 0 aliphatic carbocycles. The van der Waals surface area contributed by atoms with E-state index >= 15 is 0 Å². The van der Waals surface area contributed by atoms with Gasteiger partial charge in [0.2, 0.25) is 5.91 Å². The molecule has 1 saturated heterocycles. The maximum atomic E-state index is 13.7. The summed E-state index contributed by atoms with van der Waals surface area (Å²) in [4.78, 5) is 13.8. The van der Waals surface area contributed by atoms with Crippen LogP contribution < -0.4 is 5.32 Å². The van der Waals surface area contributed by atoms with E-state index in [1.807, 2.05) is 0 Å². The maximum absolute atomic E-state index is 13.7. The van der Waals surface area contributed by atoms with Crippen molar-refractivity contribution < 1.29 is 9.18 Å². The summed E-state index contributed by atoms with van der Waals surface area (Å²) in [5, 5.41) is 3.12. The number of piperidine rings is 1. The first kappa shape index (κ1) is 14.3. The summed E-state index contributed by atoms with van der Waals surface area (Å²) in [5.74, 6) is -0.233. The van der Waals surface area contributed by atoms with Gasteiger partial charge in [-0.1, -0.05) is 17.7 Å². The van der Waals surface area contributed by atoms with Crippen LogP contribution in [-0.4, -0.2) is 30.9 Å². The third-order valence-corrected chi connectivity index (χ3v) is 3.92. The van der Waals surface area contributed by atoms with Crippen molar-refractivity contribution in [1.29, 1.82) is 0 Å². The lowest BCUT2D eigenvalue weighted by atomic mass is 9.96. The zero-order chi connectivity index (χ0) is 13.8. The minimum absolute atomic E-state index is 0.00991. The first-order chi connectivity index (χ1) is 9.11. The smallest absolute Gasteiger partial charge is 0.224 e. The molecule has 1 aliphatic heterocycles. The number of hydrogen-bond donors (Lipinski definition) is 1. The van der Waals surface area contributed by atoms with Crippen LogP contribution in [0.5, 0.6) is 0 Å². The van der Waals surface area contributed by atoms with Gasteiger partial charge in [-0.3, -0.25) is 9.69 Å². The second-order valence-corrected chi connectivity index (χ2v) is 5.30. The molecule has 1 unspecified atom stereocenters. The first-order valence-corrected chi connectivity index (χ1v) is 6.86. The summed E-state index contributed by atoms with van der Waals surface area (Å²) in [6.45, 7) is 1.99. The summed E-state index contributed by atoms with van der Waals surface area (Å²) in [5.41, 5.74) is 0.515. The van der Waals surface area contributed by atoms with Crippen LogP contribution in [0.15, 0.2) is 18.2 Å². The number of amides is 1. The van der Waals surface area contributed by atoms with Crippen molar-refractivity contribution in [2.24, 2.45) is 5.92 Å². The minimum Gasteiger partial charge on any atom is -0.359 e. The van der Waals surface area contributed by atoms with Gasteiger partial charge in [0.1, 0.15) is 5.82 Å². The van der Waals surface area contributed by atoms with Crippen molar-refractivity contribution in [3.05, 3.63) is 34.6 Å². The third kappa shape index (κ3) is 3.45. The molecular weight excluding hydrogens is 267 g/mol. The van der Waals surface area contributed by atoms with Crippen molar-refractivity contribution >= 4 is 17.5 Å². The molecule has 1 N–H and O–H groups in total. The molecule has 0 saturated carbocycles. The van der Waals surface area contributed by atoms with E-state index in [4.69, 9.17) is 11.6 Å². The standard InChI is InChI=1S/C14H18ClFN2O/c1-17-14(19)10-4-3-7-18(8-10)9-11-12(15)5-2-6-13(11)16/h2,5-6,10H,3-4,7-9H2,1H3,(H,17,19). The van der Waals surface area contributed by atoms with Gasteiger partial charge in [0.05, 0.1) is 5.92 Å². The Hall–Kier alpha value is -1.13. The van der Waals surface area contributed by atoms with Crippen molar-refractivity contribution in [2.45, 2.75) is 19.4 Å². The molecule has 0 spiro atoms. The van der Waals surface area contributed by atoms with Gasteiger partial charge in [0.15, 0.2) is 0 Å². The van der Waals surface area contributed by atoms with E-state index in [0.29, 0.717) is 23.7 Å². The van der Waals surface area contributed by atoms with E-state index in [2.05, 4.69) is 10.2 Å². The van der Waals surface area contributed by atoms with Gasteiger partial charge < -0.3 is 5.32 Å². The van der Waals surface area contributed by atoms with E-state index in [1.54, 1.807) is 19.2 Å². The molecule has 0 bridgehead atoms. The van der Waals surface area contributed by atoms with Crippen LogP contribution in [0.4, 0.5) is 4.39 Å². The second-order valence-electron chi connectivity index (χ2n) is 4.89. The Morgan fingerprint density at radius 2 is 2.37 bits per heavy atom. The number of benzene rings is 1. The van der Waals surface area contributed by atoms with Crippen LogP contribution in [0.1, 0.15) is 18.4 Å². The maximum Gasteiger partial charge on any atom is 0.224 e. The van der Waals surface area contributed by atoms with Crippen LogP contribution in [-0.2, 0) is 11.3 Å². The van der Waals surface area contributed by atoms with Crippen molar-refractivity contribution in [3.8, 4) is 0 Å². The topological polar surface area (TPSA) is 32.3 Å². The molecule has 1 atom stereocenters. The Bertz CT molecular complexity index is 447. The summed E-state index contributed by atoms with van der Waals surface area (Å²) >= 11 is 6.03. The van der Waals surface area contributed by atoms with Gasteiger partial charge in [0, 0.05) is 30.7 Å². The largest absolute Gasteiger partial charge is 0.359 e. The number of hydrogen-bond acceptors (Lipinski definition) is 2. The highest BCUT2D eigenvalue weighted by Crippen LogP contribution is 2.24. The molecule has 1 amide bonds. The molecule has 104 valence electrons. The first-order valence-electron chi connectivity index (χ1n) is 6.48. The predicted octanol–water partition coefficient (Wildman–Crippen LogP) is 2.44.